The molecule has 16 heavy (non-hydrogen) atoms. The summed E-state index contributed by atoms with van der Waals surface area (Å²) >= 11 is 0. The molecule has 1 aromatic rings. The van der Waals surface area contributed by atoms with E-state index in [4.69, 9.17) is 5.11 Å². The van der Waals surface area contributed by atoms with Gasteiger partial charge in [-0.05, 0) is 36.6 Å². The molecule has 1 saturated carbocycles. The third-order valence-electron chi connectivity index (χ3n) is 3.58. The lowest BCUT2D eigenvalue weighted by Crippen LogP contribution is -2.27. The first-order valence-electron chi connectivity index (χ1n) is 5.22. The van der Waals surface area contributed by atoms with Gasteiger partial charge in [0.2, 0.25) is 5.91 Å². The number of carboxylic acids is 1. The summed E-state index contributed by atoms with van der Waals surface area (Å²) in [4.78, 5) is 24.5. The lowest BCUT2D eigenvalue weighted by molar-refractivity contribution is -0.119. The number of hydrogen-bond donors (Lipinski definition) is 1. The van der Waals surface area contributed by atoms with E-state index >= 15 is 0 Å². The number of likely N-dealkylation sites (N-methyl/N-ethyl adjacent to an activating group) is 1. The quantitative estimate of drug-likeness (QED) is 0.773. The Morgan fingerprint density at radius 2 is 2.12 bits per heavy atom. The van der Waals surface area contributed by atoms with Crippen LogP contribution in [0.5, 0.6) is 0 Å². The van der Waals surface area contributed by atoms with Gasteiger partial charge in [-0.1, -0.05) is 0 Å². The summed E-state index contributed by atoms with van der Waals surface area (Å²) in [6.07, 6.45) is 1.68. The highest BCUT2D eigenvalue weighted by Crippen LogP contribution is 2.56. The van der Waals surface area contributed by atoms with Crippen LogP contribution in [-0.2, 0) is 10.2 Å². The summed E-state index contributed by atoms with van der Waals surface area (Å²) in [5.41, 5.74) is 1.61. The third-order valence-corrected chi connectivity index (χ3v) is 3.58. The Morgan fingerprint density at radius 1 is 1.44 bits per heavy atom. The number of carbonyl (C=O) groups excluding carboxylic acids is 1. The highest BCUT2D eigenvalue weighted by molar-refractivity contribution is 6.10. The van der Waals surface area contributed by atoms with E-state index in [1.165, 1.54) is 0 Å². The molecule has 1 spiro atoms. The Morgan fingerprint density at radius 3 is 2.69 bits per heavy atom. The van der Waals surface area contributed by atoms with E-state index in [0.29, 0.717) is 0 Å². The molecule has 0 bridgehead atoms. The fraction of sp³-hybridized carbons (Fsp3) is 0.333. The minimum Gasteiger partial charge on any atom is -0.478 e. The van der Waals surface area contributed by atoms with Gasteiger partial charge in [0.15, 0.2) is 0 Å². The van der Waals surface area contributed by atoms with E-state index in [9.17, 15) is 9.59 Å². The fourth-order valence-electron chi connectivity index (χ4n) is 2.50. The van der Waals surface area contributed by atoms with Gasteiger partial charge in [-0.3, -0.25) is 4.79 Å². The first-order chi connectivity index (χ1) is 7.56. The van der Waals surface area contributed by atoms with Gasteiger partial charge in [0.25, 0.3) is 0 Å². The van der Waals surface area contributed by atoms with Crippen molar-refractivity contribution in [2.75, 3.05) is 11.9 Å². The maximum Gasteiger partial charge on any atom is 0.335 e. The van der Waals surface area contributed by atoms with Crippen molar-refractivity contribution < 1.29 is 14.7 Å². The highest BCUT2D eigenvalue weighted by atomic mass is 16.4. The maximum atomic E-state index is 12.0. The number of carboxylic acid groups (broad SMARTS) is 1. The first-order valence-corrected chi connectivity index (χ1v) is 5.22. The molecular weight excluding hydrogens is 206 g/mol. The fourth-order valence-corrected chi connectivity index (χ4v) is 2.50. The molecule has 82 valence electrons. The lowest BCUT2D eigenvalue weighted by atomic mass is 9.96. The second kappa shape index (κ2) is 2.64. The van der Waals surface area contributed by atoms with E-state index in [1.807, 2.05) is 0 Å². The number of anilines is 1. The molecule has 0 unspecified atom stereocenters. The van der Waals surface area contributed by atoms with Crippen LogP contribution < -0.4 is 4.90 Å². The zero-order valence-electron chi connectivity index (χ0n) is 8.86. The number of fused-ring (bicyclic) bond motifs is 2. The van der Waals surface area contributed by atoms with Gasteiger partial charge < -0.3 is 10.0 Å². The monoisotopic (exact) mass is 217 g/mol. The summed E-state index contributed by atoms with van der Waals surface area (Å²) in [7, 11) is 1.74. The predicted molar refractivity (Wildman–Crippen MR) is 57.7 cm³/mol. The number of nitrogens with zero attached hydrogens (tertiary/aromatic N) is 1. The van der Waals surface area contributed by atoms with Crippen LogP contribution in [0.1, 0.15) is 28.8 Å². The van der Waals surface area contributed by atoms with E-state index in [2.05, 4.69) is 0 Å². The Balaban J connectivity index is 2.20. The van der Waals surface area contributed by atoms with Crippen molar-refractivity contribution in [1.82, 2.24) is 0 Å². The SMILES string of the molecule is CN1C(=O)C2(CC2)c2cc(C(=O)O)ccc21. The molecule has 1 heterocycles. The predicted octanol–water partition coefficient (Wildman–Crippen LogP) is 1.39. The number of rotatable bonds is 1. The Labute approximate surface area is 92.5 Å². The zero-order valence-corrected chi connectivity index (χ0v) is 8.86. The molecule has 4 heteroatoms. The number of amides is 1. The molecule has 0 saturated heterocycles. The second-order valence-electron chi connectivity index (χ2n) is 4.48. The van der Waals surface area contributed by atoms with Crippen molar-refractivity contribution in [1.29, 1.82) is 0 Å². The molecule has 4 nitrogen and oxygen atoms in total. The average Bonchev–Trinajstić information content (AvgIpc) is 3.04. The number of benzene rings is 1. The van der Waals surface area contributed by atoms with Gasteiger partial charge >= 0.3 is 5.97 Å². The van der Waals surface area contributed by atoms with Gasteiger partial charge in [-0.15, -0.1) is 0 Å². The molecule has 0 atom stereocenters. The third kappa shape index (κ3) is 0.939. The minimum absolute atomic E-state index is 0.102. The Bertz CT molecular complexity index is 517. The number of carbonyl (C=O) groups is 2. The molecule has 0 aromatic heterocycles. The molecule has 1 aromatic carbocycles. The normalized spacial score (nSPS) is 20.1. The number of aromatic carboxylic acids is 1. The average molecular weight is 217 g/mol. The molecule has 1 amide bonds. The van der Waals surface area contributed by atoms with E-state index in [-0.39, 0.29) is 11.5 Å². The molecular formula is C12H11NO3. The van der Waals surface area contributed by atoms with Crippen LogP contribution in [0.3, 0.4) is 0 Å². The summed E-state index contributed by atoms with van der Waals surface area (Å²) in [5.74, 6) is -0.842. The van der Waals surface area contributed by atoms with Crippen molar-refractivity contribution in [2.24, 2.45) is 0 Å². The summed E-state index contributed by atoms with van der Waals surface area (Å²) in [5, 5.41) is 8.94. The lowest BCUT2D eigenvalue weighted by Gasteiger charge is -2.09. The van der Waals surface area contributed by atoms with Crippen LogP contribution in [0.2, 0.25) is 0 Å². The summed E-state index contributed by atoms with van der Waals surface area (Å²) in [6, 6.07) is 4.92. The molecule has 1 fully saturated rings. The van der Waals surface area contributed by atoms with Crippen LogP contribution in [-0.4, -0.2) is 24.0 Å². The number of hydrogen-bond acceptors (Lipinski definition) is 2. The topological polar surface area (TPSA) is 57.6 Å². The molecule has 1 aliphatic heterocycles. The van der Waals surface area contributed by atoms with Gasteiger partial charge in [0.05, 0.1) is 11.0 Å². The van der Waals surface area contributed by atoms with Crippen molar-refractivity contribution in [2.45, 2.75) is 18.3 Å². The molecule has 1 aliphatic carbocycles. The van der Waals surface area contributed by atoms with Gasteiger partial charge in [-0.25, -0.2) is 4.79 Å². The first kappa shape index (κ1) is 9.39. The second-order valence-corrected chi connectivity index (χ2v) is 4.48. The smallest absolute Gasteiger partial charge is 0.335 e. The Kier molecular flexibility index (Phi) is 1.55. The maximum absolute atomic E-state index is 12.0. The standard InChI is InChI=1S/C12H11NO3/c1-13-9-3-2-7(10(14)15)6-8(9)12(4-5-12)11(13)16/h2-3,6H,4-5H2,1H3,(H,14,15). The summed E-state index contributed by atoms with van der Waals surface area (Å²) in [6.45, 7) is 0. The van der Waals surface area contributed by atoms with Crippen LogP contribution in [0.4, 0.5) is 5.69 Å². The highest BCUT2D eigenvalue weighted by Gasteiger charge is 2.58. The van der Waals surface area contributed by atoms with Crippen LogP contribution in [0.15, 0.2) is 18.2 Å². The molecule has 3 rings (SSSR count). The van der Waals surface area contributed by atoms with Crippen molar-refractivity contribution in [3.8, 4) is 0 Å². The van der Waals surface area contributed by atoms with Gasteiger partial charge in [-0.2, -0.15) is 0 Å². The van der Waals surface area contributed by atoms with E-state index in [0.717, 1.165) is 24.1 Å². The Hall–Kier alpha value is -1.84. The van der Waals surface area contributed by atoms with Crippen LogP contribution in [0, 0.1) is 0 Å². The van der Waals surface area contributed by atoms with Crippen molar-refractivity contribution in [3.05, 3.63) is 29.3 Å². The molecule has 2 aliphatic rings. The van der Waals surface area contributed by atoms with Crippen molar-refractivity contribution in [3.63, 3.8) is 0 Å². The largest absolute Gasteiger partial charge is 0.478 e. The van der Waals surface area contributed by atoms with Crippen LogP contribution in [0.25, 0.3) is 0 Å². The van der Waals surface area contributed by atoms with Gasteiger partial charge in [0.1, 0.15) is 0 Å². The van der Waals surface area contributed by atoms with E-state index in [1.54, 1.807) is 30.1 Å². The molecule has 1 N–H and O–H groups in total. The zero-order chi connectivity index (χ0) is 11.5. The van der Waals surface area contributed by atoms with Gasteiger partial charge in [0, 0.05) is 12.7 Å². The minimum atomic E-state index is -0.944. The summed E-state index contributed by atoms with van der Waals surface area (Å²) < 4.78 is 0. The molecule has 0 radical (unpaired) electrons. The van der Waals surface area contributed by atoms with Crippen LogP contribution >= 0.6 is 0 Å². The van der Waals surface area contributed by atoms with E-state index < -0.39 is 11.4 Å². The van der Waals surface area contributed by atoms with Crippen molar-refractivity contribution >= 4 is 17.6 Å².